The number of carbonyl (C=O) groups is 1. The highest BCUT2D eigenvalue weighted by molar-refractivity contribution is 6.31. The van der Waals surface area contributed by atoms with Crippen LogP contribution in [0.15, 0.2) is 22.6 Å². The molecule has 1 N–H and O–H groups in total. The van der Waals surface area contributed by atoms with Crippen LogP contribution in [0.1, 0.15) is 22.5 Å². The Hall–Kier alpha value is -1.52. The van der Waals surface area contributed by atoms with Crippen LogP contribution in [0.4, 0.5) is 0 Å². The summed E-state index contributed by atoms with van der Waals surface area (Å²) >= 11 is 5.96. The zero-order chi connectivity index (χ0) is 13.6. The third-order valence-electron chi connectivity index (χ3n) is 3.54. The van der Waals surface area contributed by atoms with Gasteiger partial charge >= 0.3 is 0 Å². The Morgan fingerprint density at radius 1 is 1.53 bits per heavy atom. The van der Waals surface area contributed by atoms with Gasteiger partial charge in [0.2, 0.25) is 0 Å². The number of carbonyl (C=O) groups excluding carboxylic acids is 1. The van der Waals surface area contributed by atoms with E-state index >= 15 is 0 Å². The van der Waals surface area contributed by atoms with Crippen LogP contribution in [-0.2, 0) is 0 Å². The summed E-state index contributed by atoms with van der Waals surface area (Å²) in [6.07, 6.45) is 0.194. The number of benzene rings is 1. The van der Waals surface area contributed by atoms with Gasteiger partial charge < -0.3 is 14.4 Å². The third-order valence-corrected chi connectivity index (χ3v) is 3.78. The van der Waals surface area contributed by atoms with Gasteiger partial charge in [0, 0.05) is 29.1 Å². The van der Waals surface area contributed by atoms with Crippen LogP contribution in [0, 0.1) is 6.92 Å². The van der Waals surface area contributed by atoms with Crippen molar-refractivity contribution in [3.63, 3.8) is 0 Å². The van der Waals surface area contributed by atoms with E-state index in [4.69, 9.17) is 16.0 Å². The van der Waals surface area contributed by atoms with Crippen molar-refractivity contribution in [2.24, 2.45) is 0 Å². The Morgan fingerprint density at radius 3 is 3.00 bits per heavy atom. The summed E-state index contributed by atoms with van der Waals surface area (Å²) in [5.41, 5.74) is 1.45. The van der Waals surface area contributed by atoms with E-state index in [1.165, 1.54) is 0 Å². The van der Waals surface area contributed by atoms with Crippen molar-refractivity contribution in [2.45, 2.75) is 19.4 Å². The van der Waals surface area contributed by atoms with Crippen LogP contribution in [0.5, 0.6) is 0 Å². The van der Waals surface area contributed by atoms with E-state index < -0.39 is 6.10 Å². The number of fused-ring (bicyclic) bond motifs is 1. The average molecular weight is 280 g/mol. The zero-order valence-corrected chi connectivity index (χ0v) is 11.3. The van der Waals surface area contributed by atoms with Gasteiger partial charge in [-0.25, -0.2) is 0 Å². The van der Waals surface area contributed by atoms with Gasteiger partial charge in [-0.3, -0.25) is 4.79 Å². The van der Waals surface area contributed by atoms with Crippen molar-refractivity contribution in [3.05, 3.63) is 34.5 Å². The van der Waals surface area contributed by atoms with E-state index in [1.54, 1.807) is 23.1 Å². The summed E-state index contributed by atoms with van der Waals surface area (Å²) in [6, 6.07) is 5.30. The molecule has 1 atom stereocenters. The first kappa shape index (κ1) is 12.5. The third kappa shape index (κ3) is 2.11. The number of aliphatic hydroxyl groups excluding tert-OH is 1. The second-order valence-corrected chi connectivity index (χ2v) is 5.33. The fourth-order valence-electron chi connectivity index (χ4n) is 2.47. The molecule has 0 unspecified atom stereocenters. The monoisotopic (exact) mass is 279 g/mol. The number of rotatable bonds is 1. The standard InChI is InChI=1S/C14H14ClNO3/c1-8-11-6-9(15)2-3-12(11)19-13(8)14(18)16-5-4-10(17)7-16/h2-3,6,10,17H,4-5,7H2,1H3/t10-/m0/s1. The van der Waals surface area contributed by atoms with Gasteiger partial charge in [0.1, 0.15) is 5.58 Å². The smallest absolute Gasteiger partial charge is 0.289 e. The maximum Gasteiger partial charge on any atom is 0.289 e. The normalized spacial score (nSPS) is 19.3. The summed E-state index contributed by atoms with van der Waals surface area (Å²) in [7, 11) is 0. The molecule has 0 spiro atoms. The van der Waals surface area contributed by atoms with Gasteiger partial charge in [-0.15, -0.1) is 0 Å². The van der Waals surface area contributed by atoms with E-state index in [2.05, 4.69) is 0 Å². The maximum absolute atomic E-state index is 12.4. The van der Waals surface area contributed by atoms with Gasteiger partial charge in [0.15, 0.2) is 5.76 Å². The number of likely N-dealkylation sites (tertiary alicyclic amines) is 1. The molecule has 1 aromatic heterocycles. The number of aryl methyl sites for hydroxylation is 1. The summed E-state index contributed by atoms with van der Waals surface area (Å²) < 4.78 is 5.63. The Bertz CT molecular complexity index is 649. The molecule has 5 heteroatoms. The van der Waals surface area contributed by atoms with E-state index in [-0.39, 0.29) is 5.91 Å². The molecule has 0 saturated carbocycles. The highest BCUT2D eigenvalue weighted by Gasteiger charge is 2.29. The molecule has 1 aliphatic rings. The van der Waals surface area contributed by atoms with Crippen molar-refractivity contribution in [3.8, 4) is 0 Å². The minimum Gasteiger partial charge on any atom is -0.451 e. The highest BCUT2D eigenvalue weighted by atomic mass is 35.5. The molecule has 0 aliphatic carbocycles. The lowest BCUT2D eigenvalue weighted by molar-refractivity contribution is 0.0735. The highest BCUT2D eigenvalue weighted by Crippen LogP contribution is 2.29. The first-order valence-electron chi connectivity index (χ1n) is 6.22. The lowest BCUT2D eigenvalue weighted by Gasteiger charge is -2.13. The molecule has 4 nitrogen and oxygen atoms in total. The molecule has 1 aliphatic heterocycles. The van der Waals surface area contributed by atoms with E-state index in [0.29, 0.717) is 35.9 Å². The van der Waals surface area contributed by atoms with Gasteiger partial charge in [-0.05, 0) is 31.5 Å². The minimum atomic E-state index is -0.428. The summed E-state index contributed by atoms with van der Waals surface area (Å²) in [5.74, 6) is 0.174. The number of aliphatic hydroxyl groups is 1. The number of amides is 1. The average Bonchev–Trinajstić information content (AvgIpc) is 2.94. The molecule has 3 rings (SSSR count). The Labute approximate surface area is 115 Å². The van der Waals surface area contributed by atoms with Crippen molar-refractivity contribution in [1.82, 2.24) is 4.90 Å². The topological polar surface area (TPSA) is 53.7 Å². The number of hydrogen-bond donors (Lipinski definition) is 1. The zero-order valence-electron chi connectivity index (χ0n) is 10.5. The Morgan fingerprint density at radius 2 is 2.32 bits per heavy atom. The largest absolute Gasteiger partial charge is 0.451 e. The molecule has 1 fully saturated rings. The second-order valence-electron chi connectivity index (χ2n) is 4.89. The van der Waals surface area contributed by atoms with Gasteiger partial charge in [0.25, 0.3) is 5.91 Å². The van der Waals surface area contributed by atoms with Gasteiger partial charge in [0.05, 0.1) is 6.10 Å². The predicted molar refractivity (Wildman–Crippen MR) is 72.5 cm³/mol. The van der Waals surface area contributed by atoms with Gasteiger partial charge in [-0.1, -0.05) is 11.6 Å². The number of furan rings is 1. The lowest BCUT2D eigenvalue weighted by atomic mass is 10.1. The fourth-order valence-corrected chi connectivity index (χ4v) is 2.64. The van der Waals surface area contributed by atoms with Crippen LogP contribution >= 0.6 is 11.6 Å². The second kappa shape index (κ2) is 4.54. The van der Waals surface area contributed by atoms with Crippen molar-refractivity contribution in [1.29, 1.82) is 0 Å². The number of β-amino-alcohol motifs (C(OH)–C–C–N with tert-alkyl or cyclic N) is 1. The first-order valence-corrected chi connectivity index (χ1v) is 6.60. The molecular weight excluding hydrogens is 266 g/mol. The van der Waals surface area contributed by atoms with Crippen molar-refractivity contribution < 1.29 is 14.3 Å². The Kier molecular flexibility index (Phi) is 2.99. The fraction of sp³-hybridized carbons (Fsp3) is 0.357. The molecule has 19 heavy (non-hydrogen) atoms. The molecule has 2 aromatic rings. The molecule has 0 bridgehead atoms. The van der Waals surface area contributed by atoms with E-state index in [9.17, 15) is 9.90 Å². The molecule has 100 valence electrons. The minimum absolute atomic E-state index is 0.165. The molecule has 2 heterocycles. The molecule has 1 amide bonds. The van der Waals surface area contributed by atoms with E-state index in [1.807, 2.05) is 6.92 Å². The van der Waals surface area contributed by atoms with Crippen LogP contribution in [0.25, 0.3) is 11.0 Å². The lowest BCUT2D eigenvalue weighted by Crippen LogP contribution is -2.29. The first-order chi connectivity index (χ1) is 9.06. The van der Waals surface area contributed by atoms with Gasteiger partial charge in [-0.2, -0.15) is 0 Å². The quantitative estimate of drug-likeness (QED) is 0.873. The van der Waals surface area contributed by atoms with Crippen LogP contribution < -0.4 is 0 Å². The molecular formula is C14H14ClNO3. The molecule has 1 aromatic carbocycles. The van der Waals surface area contributed by atoms with Crippen molar-refractivity contribution >= 4 is 28.5 Å². The SMILES string of the molecule is Cc1c(C(=O)N2CC[C@H](O)C2)oc2ccc(Cl)cc12. The van der Waals surface area contributed by atoms with E-state index in [0.717, 1.165) is 10.9 Å². The number of halogens is 1. The maximum atomic E-state index is 12.4. The molecule has 0 radical (unpaired) electrons. The summed E-state index contributed by atoms with van der Waals surface area (Å²) in [5, 5.41) is 11.0. The molecule has 1 saturated heterocycles. The summed E-state index contributed by atoms with van der Waals surface area (Å²) in [6.45, 7) is 2.79. The number of hydrogen-bond acceptors (Lipinski definition) is 3. The van der Waals surface area contributed by atoms with Crippen LogP contribution in [0.2, 0.25) is 5.02 Å². The van der Waals surface area contributed by atoms with Crippen molar-refractivity contribution in [2.75, 3.05) is 13.1 Å². The predicted octanol–water partition coefficient (Wildman–Crippen LogP) is 2.60. The number of nitrogens with zero attached hydrogens (tertiary/aromatic N) is 1. The Balaban J connectivity index is 2.01. The summed E-state index contributed by atoms with van der Waals surface area (Å²) in [4.78, 5) is 14.0. The van der Waals surface area contributed by atoms with Crippen LogP contribution in [0.3, 0.4) is 0 Å². The van der Waals surface area contributed by atoms with Crippen LogP contribution in [-0.4, -0.2) is 35.1 Å².